The largest absolute Gasteiger partial charge is 0.311 e. The Morgan fingerprint density at radius 2 is 2.17 bits per heavy atom. The predicted octanol–water partition coefficient (Wildman–Crippen LogP) is 2.43. The van der Waals surface area contributed by atoms with Crippen LogP contribution in [-0.2, 0) is 13.0 Å². The van der Waals surface area contributed by atoms with Gasteiger partial charge in [0.05, 0.1) is 5.02 Å². The number of hydrogen-bond acceptors (Lipinski definition) is 3. The van der Waals surface area contributed by atoms with Gasteiger partial charge in [0.1, 0.15) is 11.3 Å². The fourth-order valence-electron chi connectivity index (χ4n) is 1.84. The lowest BCUT2D eigenvalue weighted by atomic mass is 10.4. The molecule has 0 N–H and O–H groups in total. The van der Waals surface area contributed by atoms with Gasteiger partial charge >= 0.3 is 0 Å². The molecule has 2 aromatic rings. The molecule has 0 fully saturated rings. The van der Waals surface area contributed by atoms with Crippen molar-refractivity contribution < 1.29 is 0 Å². The molecule has 98 valence electrons. The summed E-state index contributed by atoms with van der Waals surface area (Å²) in [5.41, 5.74) is 1.71. The van der Waals surface area contributed by atoms with Crippen LogP contribution in [0.4, 0.5) is 0 Å². The van der Waals surface area contributed by atoms with Crippen molar-refractivity contribution in [3.63, 3.8) is 0 Å². The number of fused-ring (bicyclic) bond motifs is 1. The molecule has 4 nitrogen and oxygen atoms in total. The van der Waals surface area contributed by atoms with Crippen LogP contribution in [0.2, 0.25) is 5.02 Å². The van der Waals surface area contributed by atoms with Gasteiger partial charge in [0, 0.05) is 31.6 Å². The van der Waals surface area contributed by atoms with E-state index in [4.69, 9.17) is 23.2 Å². The third-order valence-electron chi connectivity index (χ3n) is 2.72. The second kappa shape index (κ2) is 5.87. The molecule has 0 unspecified atom stereocenters. The third-order valence-corrected chi connectivity index (χ3v) is 3.12. The van der Waals surface area contributed by atoms with Gasteiger partial charge in [0.15, 0.2) is 5.65 Å². The first-order valence-corrected chi connectivity index (χ1v) is 6.74. The molecule has 6 heteroatoms. The lowest BCUT2D eigenvalue weighted by Crippen LogP contribution is -2.20. The summed E-state index contributed by atoms with van der Waals surface area (Å²) >= 11 is 11.8. The first-order chi connectivity index (χ1) is 8.61. The van der Waals surface area contributed by atoms with E-state index in [1.807, 2.05) is 20.2 Å². The minimum atomic E-state index is 0.555. The highest BCUT2D eigenvalue weighted by atomic mass is 35.5. The van der Waals surface area contributed by atoms with Crippen LogP contribution in [0.25, 0.3) is 11.2 Å². The molecule has 0 aliphatic rings. The molecule has 0 aliphatic carbocycles. The molecule has 2 aromatic heterocycles. The lowest BCUT2D eigenvalue weighted by molar-refractivity contribution is 0.383. The standard InChI is InChI=1S/C12H16Cl2N4/c1-17(2)5-6-18-11(3-4-13)16-10-7-9(14)8-15-12(10)18/h7-8H,3-6H2,1-2H3. The van der Waals surface area contributed by atoms with Gasteiger partial charge in [-0.2, -0.15) is 0 Å². The first-order valence-electron chi connectivity index (χ1n) is 5.83. The molecule has 0 radical (unpaired) electrons. The molecular weight excluding hydrogens is 271 g/mol. The van der Waals surface area contributed by atoms with E-state index in [0.29, 0.717) is 10.9 Å². The van der Waals surface area contributed by atoms with E-state index >= 15 is 0 Å². The number of imidazole rings is 1. The average Bonchev–Trinajstić information content (AvgIpc) is 2.63. The van der Waals surface area contributed by atoms with E-state index in [1.54, 1.807) is 6.20 Å². The number of aryl methyl sites for hydroxylation is 1. The highest BCUT2D eigenvalue weighted by molar-refractivity contribution is 6.31. The number of alkyl halides is 1. The molecule has 18 heavy (non-hydrogen) atoms. The summed E-state index contributed by atoms with van der Waals surface area (Å²) < 4.78 is 2.12. The smallest absolute Gasteiger partial charge is 0.160 e. The zero-order valence-corrected chi connectivity index (χ0v) is 12.0. The fourth-order valence-corrected chi connectivity index (χ4v) is 2.16. The number of hydrogen-bond donors (Lipinski definition) is 0. The van der Waals surface area contributed by atoms with Gasteiger partial charge in [-0.05, 0) is 20.2 Å². The summed E-state index contributed by atoms with van der Waals surface area (Å²) in [6, 6.07) is 1.84. The normalized spacial score (nSPS) is 11.6. The topological polar surface area (TPSA) is 34.0 Å². The van der Waals surface area contributed by atoms with E-state index < -0.39 is 0 Å². The summed E-state index contributed by atoms with van der Waals surface area (Å²) in [7, 11) is 4.09. The van der Waals surface area contributed by atoms with Crippen molar-refractivity contribution in [1.29, 1.82) is 0 Å². The van der Waals surface area contributed by atoms with Crippen molar-refractivity contribution in [2.75, 3.05) is 26.5 Å². The Hall–Kier alpha value is -0.840. The van der Waals surface area contributed by atoms with E-state index in [2.05, 4.69) is 19.4 Å². The minimum Gasteiger partial charge on any atom is -0.311 e. The van der Waals surface area contributed by atoms with Crippen LogP contribution in [-0.4, -0.2) is 46.0 Å². The van der Waals surface area contributed by atoms with Crippen LogP contribution in [0.3, 0.4) is 0 Å². The highest BCUT2D eigenvalue weighted by Crippen LogP contribution is 2.18. The first kappa shape index (κ1) is 13.6. The molecule has 0 bridgehead atoms. The monoisotopic (exact) mass is 286 g/mol. The van der Waals surface area contributed by atoms with Crippen molar-refractivity contribution in [2.45, 2.75) is 13.0 Å². The molecule has 0 saturated carbocycles. The second-order valence-corrected chi connectivity index (χ2v) is 5.23. The summed E-state index contributed by atoms with van der Waals surface area (Å²) in [6.45, 7) is 1.79. The SMILES string of the molecule is CN(C)CCn1c(CCCl)nc2cc(Cl)cnc21. The van der Waals surface area contributed by atoms with Crippen molar-refractivity contribution >= 4 is 34.4 Å². The zero-order valence-electron chi connectivity index (χ0n) is 10.5. The van der Waals surface area contributed by atoms with E-state index in [9.17, 15) is 0 Å². The van der Waals surface area contributed by atoms with Crippen molar-refractivity contribution in [2.24, 2.45) is 0 Å². The van der Waals surface area contributed by atoms with Gasteiger partial charge in [-0.25, -0.2) is 9.97 Å². The molecule has 0 aliphatic heterocycles. The molecule has 2 heterocycles. The van der Waals surface area contributed by atoms with Gasteiger partial charge in [0.2, 0.25) is 0 Å². The molecule has 2 rings (SSSR count). The predicted molar refractivity (Wildman–Crippen MR) is 75.5 cm³/mol. The number of nitrogens with zero attached hydrogens (tertiary/aromatic N) is 4. The lowest BCUT2D eigenvalue weighted by Gasteiger charge is -2.12. The van der Waals surface area contributed by atoms with Gasteiger partial charge < -0.3 is 9.47 Å². The summed E-state index contributed by atoms with van der Waals surface area (Å²) in [5, 5.41) is 0.609. The van der Waals surface area contributed by atoms with Crippen molar-refractivity contribution in [1.82, 2.24) is 19.4 Å². The number of halogens is 2. The Morgan fingerprint density at radius 3 is 2.83 bits per heavy atom. The second-order valence-electron chi connectivity index (χ2n) is 4.42. The van der Waals surface area contributed by atoms with Crippen molar-refractivity contribution in [3.05, 3.63) is 23.1 Å². The Bertz CT molecular complexity index is 536. The van der Waals surface area contributed by atoms with Crippen LogP contribution in [0.5, 0.6) is 0 Å². The van der Waals surface area contributed by atoms with Crippen LogP contribution < -0.4 is 0 Å². The Balaban J connectivity index is 2.41. The quantitative estimate of drug-likeness (QED) is 0.792. The molecular formula is C12H16Cl2N4. The van der Waals surface area contributed by atoms with E-state index in [-0.39, 0.29) is 0 Å². The molecule has 0 spiro atoms. The van der Waals surface area contributed by atoms with Crippen LogP contribution in [0.15, 0.2) is 12.3 Å². The van der Waals surface area contributed by atoms with Gasteiger partial charge in [-0.15, -0.1) is 11.6 Å². The maximum Gasteiger partial charge on any atom is 0.160 e. The molecule has 0 atom stereocenters. The number of rotatable bonds is 5. The Kier molecular flexibility index (Phi) is 4.43. The fraction of sp³-hybridized carbons (Fsp3) is 0.500. The number of aromatic nitrogens is 3. The summed E-state index contributed by atoms with van der Waals surface area (Å²) in [5.74, 6) is 1.52. The van der Waals surface area contributed by atoms with Gasteiger partial charge in [0.25, 0.3) is 0 Å². The Labute approximate surface area is 117 Å². The van der Waals surface area contributed by atoms with Crippen LogP contribution >= 0.6 is 23.2 Å². The van der Waals surface area contributed by atoms with Crippen LogP contribution in [0.1, 0.15) is 5.82 Å². The molecule has 0 saturated heterocycles. The Morgan fingerprint density at radius 1 is 1.39 bits per heavy atom. The molecule has 0 aromatic carbocycles. The maximum absolute atomic E-state index is 5.94. The summed E-state index contributed by atoms with van der Waals surface area (Å²) in [4.78, 5) is 11.1. The van der Waals surface area contributed by atoms with Gasteiger partial charge in [-0.1, -0.05) is 11.6 Å². The third kappa shape index (κ3) is 2.94. The highest BCUT2D eigenvalue weighted by Gasteiger charge is 2.11. The minimum absolute atomic E-state index is 0.555. The summed E-state index contributed by atoms with van der Waals surface area (Å²) in [6.07, 6.45) is 2.39. The maximum atomic E-state index is 5.94. The molecule has 0 amide bonds. The van der Waals surface area contributed by atoms with Crippen LogP contribution in [0, 0.1) is 0 Å². The number of likely N-dealkylation sites (N-methyl/N-ethyl adjacent to an activating group) is 1. The van der Waals surface area contributed by atoms with E-state index in [1.165, 1.54) is 0 Å². The average molecular weight is 287 g/mol. The van der Waals surface area contributed by atoms with Gasteiger partial charge in [-0.3, -0.25) is 0 Å². The number of pyridine rings is 1. The van der Waals surface area contributed by atoms with E-state index in [0.717, 1.165) is 36.5 Å². The zero-order chi connectivity index (χ0) is 13.1. The van der Waals surface area contributed by atoms with Crippen molar-refractivity contribution in [3.8, 4) is 0 Å².